The highest BCUT2D eigenvalue weighted by Crippen LogP contribution is 2.21. The summed E-state index contributed by atoms with van der Waals surface area (Å²) in [7, 11) is 0. The minimum Gasteiger partial charge on any atom is -0.334 e. The lowest BCUT2D eigenvalue weighted by Crippen LogP contribution is -2.16. The molecule has 0 atom stereocenters. The third kappa shape index (κ3) is 3.24. The van der Waals surface area contributed by atoms with Crippen molar-refractivity contribution >= 4 is 0 Å². The average Bonchev–Trinajstić information content (AvgIpc) is 2.90. The number of aryl methyl sites for hydroxylation is 1. The third-order valence-electron chi connectivity index (χ3n) is 4.55. The highest BCUT2D eigenvalue weighted by Gasteiger charge is 2.09. The monoisotopic (exact) mass is 319 g/mol. The third-order valence-corrected chi connectivity index (χ3v) is 4.55. The molecule has 2 aromatic carbocycles. The minimum absolute atomic E-state index is 0.580. The van der Waals surface area contributed by atoms with E-state index in [1.165, 1.54) is 22.3 Å². The van der Waals surface area contributed by atoms with Crippen LogP contribution in [0.3, 0.4) is 0 Å². The minimum atomic E-state index is 0.580. The van der Waals surface area contributed by atoms with E-state index >= 15 is 0 Å². The quantitative estimate of drug-likeness (QED) is 0.804. The second-order valence-corrected chi connectivity index (χ2v) is 6.37. The van der Waals surface area contributed by atoms with Gasteiger partial charge in [0.1, 0.15) is 0 Å². The van der Waals surface area contributed by atoms with E-state index in [0.29, 0.717) is 11.7 Å². The number of hydrogen-bond acceptors (Lipinski definition) is 4. The summed E-state index contributed by atoms with van der Waals surface area (Å²) in [4.78, 5) is 4.27. The van der Waals surface area contributed by atoms with Crippen LogP contribution in [0.4, 0.5) is 0 Å². The van der Waals surface area contributed by atoms with Crippen molar-refractivity contribution in [3.8, 4) is 11.5 Å². The van der Waals surface area contributed by atoms with Gasteiger partial charge in [-0.1, -0.05) is 35.5 Å². The van der Waals surface area contributed by atoms with Gasteiger partial charge >= 0.3 is 0 Å². The number of nitrogens with one attached hydrogen (secondary N) is 1. The van der Waals surface area contributed by atoms with E-state index in [9.17, 15) is 0 Å². The van der Waals surface area contributed by atoms with Gasteiger partial charge in [-0.15, -0.1) is 0 Å². The molecule has 0 fully saturated rings. The molecule has 1 aromatic heterocycles. The number of aromatic nitrogens is 2. The van der Waals surface area contributed by atoms with E-state index < -0.39 is 0 Å². The van der Waals surface area contributed by atoms with E-state index in [-0.39, 0.29) is 0 Å². The van der Waals surface area contributed by atoms with Crippen molar-refractivity contribution in [2.24, 2.45) is 0 Å². The smallest absolute Gasteiger partial charge is 0.257 e. The first-order valence-corrected chi connectivity index (χ1v) is 8.49. The number of hydrogen-bond donors (Lipinski definition) is 1. The van der Waals surface area contributed by atoms with Crippen molar-refractivity contribution in [1.29, 1.82) is 0 Å². The number of fused-ring (bicyclic) bond motifs is 1. The van der Waals surface area contributed by atoms with Gasteiger partial charge in [0.15, 0.2) is 5.82 Å². The largest absolute Gasteiger partial charge is 0.334 e. The number of nitrogens with zero attached hydrogens (tertiary/aromatic N) is 2. The van der Waals surface area contributed by atoms with Gasteiger partial charge in [-0.05, 0) is 73.7 Å². The van der Waals surface area contributed by atoms with Crippen LogP contribution in [0, 0.1) is 6.92 Å². The molecule has 0 amide bonds. The lowest BCUT2D eigenvalue weighted by Gasteiger charge is -2.09. The summed E-state index contributed by atoms with van der Waals surface area (Å²) in [5.41, 5.74) is 6.62. The van der Waals surface area contributed by atoms with Crippen molar-refractivity contribution in [1.82, 2.24) is 15.5 Å². The van der Waals surface area contributed by atoms with Crippen molar-refractivity contribution in [2.75, 3.05) is 13.1 Å². The average molecular weight is 319 g/mol. The lowest BCUT2D eigenvalue weighted by molar-refractivity contribution is 0.425. The van der Waals surface area contributed by atoms with Gasteiger partial charge in [-0.2, -0.15) is 4.98 Å². The van der Waals surface area contributed by atoms with Crippen molar-refractivity contribution in [2.45, 2.75) is 26.2 Å². The fourth-order valence-electron chi connectivity index (χ4n) is 3.25. The second kappa shape index (κ2) is 6.57. The Morgan fingerprint density at radius 3 is 2.46 bits per heavy atom. The predicted molar refractivity (Wildman–Crippen MR) is 94.0 cm³/mol. The van der Waals surface area contributed by atoms with E-state index in [1.807, 2.05) is 6.92 Å². The summed E-state index contributed by atoms with van der Waals surface area (Å²) >= 11 is 0. The Morgan fingerprint density at radius 1 is 0.958 bits per heavy atom. The molecule has 1 aliphatic rings. The standard InChI is InChI=1S/C20H21N3O/c1-14-22-20(24-23-14)18-6-2-15(3-7-18)12-16-4-5-17-8-10-21-11-9-19(17)13-16/h2-7,13,21H,8-12H2,1H3. The highest BCUT2D eigenvalue weighted by atomic mass is 16.5. The Morgan fingerprint density at radius 2 is 1.71 bits per heavy atom. The molecule has 0 aliphatic carbocycles. The molecule has 0 spiro atoms. The van der Waals surface area contributed by atoms with Gasteiger partial charge in [0.05, 0.1) is 0 Å². The van der Waals surface area contributed by atoms with Gasteiger partial charge in [-0.25, -0.2) is 0 Å². The Hall–Kier alpha value is -2.46. The summed E-state index contributed by atoms with van der Waals surface area (Å²) in [5, 5.41) is 7.31. The van der Waals surface area contributed by atoms with Crippen LogP contribution in [-0.4, -0.2) is 23.2 Å². The van der Waals surface area contributed by atoms with Crippen LogP contribution >= 0.6 is 0 Å². The van der Waals surface area contributed by atoms with Crippen LogP contribution in [0.15, 0.2) is 47.0 Å². The maximum Gasteiger partial charge on any atom is 0.257 e. The van der Waals surface area contributed by atoms with Gasteiger partial charge in [0.2, 0.25) is 0 Å². The molecule has 1 N–H and O–H groups in total. The summed E-state index contributed by atoms with van der Waals surface area (Å²) in [5.74, 6) is 1.24. The Balaban J connectivity index is 1.52. The van der Waals surface area contributed by atoms with Crippen molar-refractivity contribution < 1.29 is 4.52 Å². The summed E-state index contributed by atoms with van der Waals surface area (Å²) < 4.78 is 5.22. The SMILES string of the molecule is Cc1noc(-c2ccc(Cc3ccc4c(c3)CCNCC4)cc2)n1. The molecule has 0 saturated carbocycles. The van der Waals surface area contributed by atoms with Crippen LogP contribution in [0.25, 0.3) is 11.5 Å². The van der Waals surface area contributed by atoms with Crippen LogP contribution < -0.4 is 5.32 Å². The zero-order chi connectivity index (χ0) is 16.4. The first-order chi connectivity index (χ1) is 11.8. The first kappa shape index (κ1) is 15.1. The predicted octanol–water partition coefficient (Wildman–Crippen LogP) is 3.32. The topological polar surface area (TPSA) is 51.0 Å². The molecule has 0 saturated heterocycles. The molecule has 1 aliphatic heterocycles. The number of rotatable bonds is 3. The zero-order valence-corrected chi connectivity index (χ0v) is 13.9. The van der Waals surface area contributed by atoms with Crippen LogP contribution in [0.2, 0.25) is 0 Å². The van der Waals surface area contributed by atoms with E-state index in [1.54, 1.807) is 0 Å². The molecular weight excluding hydrogens is 298 g/mol. The van der Waals surface area contributed by atoms with Crippen molar-refractivity contribution in [3.63, 3.8) is 0 Å². The first-order valence-electron chi connectivity index (χ1n) is 8.49. The molecule has 4 heteroatoms. The fourth-order valence-corrected chi connectivity index (χ4v) is 3.25. The number of benzene rings is 2. The van der Waals surface area contributed by atoms with Crippen LogP contribution in [0.5, 0.6) is 0 Å². The van der Waals surface area contributed by atoms with Gasteiger partial charge < -0.3 is 9.84 Å². The lowest BCUT2D eigenvalue weighted by atomic mass is 9.96. The van der Waals surface area contributed by atoms with E-state index in [2.05, 4.69) is 57.9 Å². The molecule has 2 heterocycles. The Labute approximate surface area is 141 Å². The van der Waals surface area contributed by atoms with Crippen LogP contribution in [-0.2, 0) is 19.3 Å². The zero-order valence-electron chi connectivity index (χ0n) is 13.9. The second-order valence-electron chi connectivity index (χ2n) is 6.37. The normalized spacial score (nSPS) is 14.2. The maximum atomic E-state index is 5.22. The molecule has 24 heavy (non-hydrogen) atoms. The summed E-state index contributed by atoms with van der Waals surface area (Å²) in [6, 6.07) is 15.3. The molecule has 0 unspecified atom stereocenters. The Bertz CT molecular complexity index is 836. The molecule has 0 radical (unpaired) electrons. The molecule has 4 nitrogen and oxygen atoms in total. The molecular formula is C20H21N3O. The molecule has 4 rings (SSSR count). The van der Waals surface area contributed by atoms with Crippen LogP contribution in [0.1, 0.15) is 28.1 Å². The summed E-state index contributed by atoms with van der Waals surface area (Å²) in [6.07, 6.45) is 3.20. The van der Waals surface area contributed by atoms with E-state index in [4.69, 9.17) is 4.52 Å². The maximum absolute atomic E-state index is 5.22. The van der Waals surface area contributed by atoms with Crippen molar-refractivity contribution in [3.05, 3.63) is 70.5 Å². The fraction of sp³-hybridized carbons (Fsp3) is 0.300. The summed E-state index contributed by atoms with van der Waals surface area (Å²) in [6.45, 7) is 3.99. The molecule has 0 bridgehead atoms. The van der Waals surface area contributed by atoms with E-state index in [0.717, 1.165) is 37.9 Å². The van der Waals surface area contributed by atoms with Gasteiger partial charge in [-0.3, -0.25) is 0 Å². The molecule has 3 aromatic rings. The Kier molecular flexibility index (Phi) is 4.13. The highest BCUT2D eigenvalue weighted by molar-refractivity contribution is 5.53. The molecule has 122 valence electrons. The van der Waals surface area contributed by atoms with Gasteiger partial charge in [0, 0.05) is 5.56 Å². The van der Waals surface area contributed by atoms with Gasteiger partial charge in [0.25, 0.3) is 5.89 Å².